The molecular weight excluding hydrogens is 196 g/mol. The van der Waals surface area contributed by atoms with E-state index in [2.05, 4.69) is 13.8 Å². The molecule has 1 aliphatic heterocycles. The summed E-state index contributed by atoms with van der Waals surface area (Å²) in [4.78, 5) is 13.9. The van der Waals surface area contributed by atoms with Crippen LogP contribution in [-0.4, -0.2) is 28.4 Å². The molecule has 2 unspecified atom stereocenters. The fraction of sp³-hybridized carbons (Fsp3) is 0.800. The Morgan fingerprint density at radius 3 is 2.71 bits per heavy atom. The van der Waals surface area contributed by atoms with Gasteiger partial charge in [-0.3, -0.25) is 4.79 Å². The Morgan fingerprint density at radius 1 is 1.50 bits per heavy atom. The van der Waals surface area contributed by atoms with Crippen LogP contribution >= 0.6 is 12.2 Å². The highest BCUT2D eigenvalue weighted by Crippen LogP contribution is 2.21. The monoisotopic (exact) mass is 214 g/mol. The van der Waals surface area contributed by atoms with Crippen molar-refractivity contribution in [3.8, 4) is 0 Å². The Labute approximate surface area is 90.6 Å². The predicted octanol–water partition coefficient (Wildman–Crippen LogP) is 1.31. The number of likely N-dealkylation sites (tertiary alicyclic amines) is 1. The minimum Gasteiger partial charge on any atom is -0.393 e. The molecule has 0 saturated carbocycles. The highest BCUT2D eigenvalue weighted by molar-refractivity contribution is 7.80. The molecule has 1 saturated heterocycles. The summed E-state index contributed by atoms with van der Waals surface area (Å²) in [6.45, 7) is 5.11. The first kappa shape index (κ1) is 11.4. The lowest BCUT2D eigenvalue weighted by Crippen LogP contribution is -2.45. The van der Waals surface area contributed by atoms with E-state index in [-0.39, 0.29) is 12.3 Å². The van der Waals surface area contributed by atoms with Crippen LogP contribution in [0.4, 0.5) is 0 Å². The van der Waals surface area contributed by atoms with Crippen LogP contribution in [0.15, 0.2) is 0 Å². The highest BCUT2D eigenvalue weighted by Gasteiger charge is 2.26. The number of carbonyl (C=O) groups is 1. The third-order valence-corrected chi connectivity index (χ3v) is 2.91. The zero-order chi connectivity index (χ0) is 10.7. The molecule has 1 rings (SSSR count). The van der Waals surface area contributed by atoms with Gasteiger partial charge in [-0.1, -0.05) is 19.1 Å². The summed E-state index contributed by atoms with van der Waals surface area (Å²) in [6.07, 6.45) is 2.51. The molecule has 14 heavy (non-hydrogen) atoms. The van der Waals surface area contributed by atoms with Crippen molar-refractivity contribution < 1.29 is 4.79 Å². The molecule has 4 heteroatoms. The molecule has 0 aromatic carbocycles. The molecule has 1 aliphatic rings. The molecule has 2 N–H and O–H groups in total. The van der Waals surface area contributed by atoms with Gasteiger partial charge in [0.15, 0.2) is 0 Å². The Balaban J connectivity index is 2.55. The van der Waals surface area contributed by atoms with Gasteiger partial charge in [0, 0.05) is 12.6 Å². The SMILES string of the molecule is CC1CCC(C)N(C(=O)CC(N)=S)C1. The fourth-order valence-electron chi connectivity index (χ4n) is 1.89. The second kappa shape index (κ2) is 4.73. The van der Waals surface area contributed by atoms with E-state index in [4.69, 9.17) is 18.0 Å². The van der Waals surface area contributed by atoms with Crippen molar-refractivity contribution in [3.05, 3.63) is 0 Å². The third-order valence-electron chi connectivity index (χ3n) is 2.76. The van der Waals surface area contributed by atoms with Gasteiger partial charge in [0.05, 0.1) is 11.4 Å². The molecule has 80 valence electrons. The topological polar surface area (TPSA) is 46.3 Å². The summed E-state index contributed by atoms with van der Waals surface area (Å²) in [5, 5.41) is 0. The van der Waals surface area contributed by atoms with E-state index in [1.165, 1.54) is 6.42 Å². The van der Waals surface area contributed by atoms with Gasteiger partial charge >= 0.3 is 0 Å². The van der Waals surface area contributed by atoms with Gasteiger partial charge in [0.1, 0.15) is 0 Å². The lowest BCUT2D eigenvalue weighted by Gasteiger charge is -2.36. The molecule has 0 aromatic heterocycles. The first-order valence-corrected chi connectivity index (χ1v) is 5.49. The van der Waals surface area contributed by atoms with Crippen molar-refractivity contribution >= 4 is 23.1 Å². The van der Waals surface area contributed by atoms with Crippen molar-refractivity contribution in [1.29, 1.82) is 0 Å². The summed E-state index contributed by atoms with van der Waals surface area (Å²) in [7, 11) is 0. The number of amides is 1. The molecule has 0 aromatic rings. The van der Waals surface area contributed by atoms with Crippen LogP contribution in [0.5, 0.6) is 0 Å². The molecule has 0 spiro atoms. The molecule has 0 radical (unpaired) electrons. The Morgan fingerprint density at radius 2 is 2.14 bits per heavy atom. The highest BCUT2D eigenvalue weighted by atomic mass is 32.1. The number of hydrogen-bond acceptors (Lipinski definition) is 2. The summed E-state index contributed by atoms with van der Waals surface area (Å²) in [5.74, 6) is 0.679. The molecule has 0 bridgehead atoms. The van der Waals surface area contributed by atoms with Crippen LogP contribution in [0.2, 0.25) is 0 Å². The van der Waals surface area contributed by atoms with Crippen molar-refractivity contribution in [2.24, 2.45) is 11.7 Å². The summed E-state index contributed by atoms with van der Waals surface area (Å²) < 4.78 is 0. The van der Waals surface area contributed by atoms with E-state index in [0.29, 0.717) is 16.9 Å². The smallest absolute Gasteiger partial charge is 0.229 e. The molecular formula is C10H18N2OS. The second-order valence-corrected chi connectivity index (χ2v) is 4.75. The van der Waals surface area contributed by atoms with Gasteiger partial charge < -0.3 is 10.6 Å². The maximum atomic E-state index is 11.7. The summed E-state index contributed by atoms with van der Waals surface area (Å²) in [6, 6.07) is 0.341. The van der Waals surface area contributed by atoms with Gasteiger partial charge in [0.25, 0.3) is 0 Å². The number of nitrogens with two attached hydrogens (primary N) is 1. The second-order valence-electron chi connectivity index (χ2n) is 4.22. The van der Waals surface area contributed by atoms with Crippen LogP contribution in [-0.2, 0) is 4.79 Å². The average Bonchev–Trinajstić information content (AvgIpc) is 2.08. The van der Waals surface area contributed by atoms with Crippen molar-refractivity contribution in [2.75, 3.05) is 6.54 Å². The van der Waals surface area contributed by atoms with Gasteiger partial charge in [-0.05, 0) is 25.7 Å². The number of carbonyl (C=O) groups excluding carboxylic acids is 1. The lowest BCUT2D eigenvalue weighted by molar-refractivity contribution is -0.134. The molecule has 2 atom stereocenters. The Hall–Kier alpha value is -0.640. The van der Waals surface area contributed by atoms with Gasteiger partial charge in [-0.2, -0.15) is 0 Å². The standard InChI is InChI=1S/C10H18N2OS/c1-7-3-4-8(2)12(6-7)10(13)5-9(11)14/h7-8H,3-6H2,1-2H3,(H2,11,14). The lowest BCUT2D eigenvalue weighted by atomic mass is 9.95. The Kier molecular flexibility index (Phi) is 3.86. The van der Waals surface area contributed by atoms with E-state index in [1.54, 1.807) is 0 Å². The number of nitrogens with zero attached hydrogens (tertiary/aromatic N) is 1. The Bertz CT molecular complexity index is 242. The summed E-state index contributed by atoms with van der Waals surface area (Å²) >= 11 is 4.74. The largest absolute Gasteiger partial charge is 0.393 e. The normalized spacial score (nSPS) is 27.4. The van der Waals surface area contributed by atoms with Crippen molar-refractivity contribution in [3.63, 3.8) is 0 Å². The van der Waals surface area contributed by atoms with Crippen LogP contribution in [0.1, 0.15) is 33.1 Å². The van der Waals surface area contributed by atoms with E-state index in [0.717, 1.165) is 13.0 Å². The van der Waals surface area contributed by atoms with Crippen LogP contribution < -0.4 is 5.73 Å². The van der Waals surface area contributed by atoms with Crippen LogP contribution in [0.25, 0.3) is 0 Å². The molecule has 3 nitrogen and oxygen atoms in total. The maximum absolute atomic E-state index is 11.7. The number of thiocarbonyl (C=S) groups is 1. The van der Waals surface area contributed by atoms with Crippen LogP contribution in [0.3, 0.4) is 0 Å². The minimum absolute atomic E-state index is 0.0801. The fourth-order valence-corrected chi connectivity index (χ4v) is 2.01. The first-order chi connectivity index (χ1) is 6.50. The third kappa shape index (κ3) is 2.94. The van der Waals surface area contributed by atoms with E-state index in [1.807, 2.05) is 4.90 Å². The number of rotatable bonds is 2. The minimum atomic E-state index is 0.0801. The molecule has 0 aliphatic carbocycles. The van der Waals surface area contributed by atoms with Gasteiger partial charge in [0.2, 0.25) is 5.91 Å². The van der Waals surface area contributed by atoms with E-state index in [9.17, 15) is 4.79 Å². The molecule has 1 fully saturated rings. The maximum Gasteiger partial charge on any atom is 0.229 e. The van der Waals surface area contributed by atoms with Crippen molar-refractivity contribution in [2.45, 2.75) is 39.2 Å². The average molecular weight is 214 g/mol. The zero-order valence-corrected chi connectivity index (χ0v) is 9.64. The molecule has 1 heterocycles. The number of hydrogen-bond donors (Lipinski definition) is 1. The van der Waals surface area contributed by atoms with Crippen LogP contribution in [0, 0.1) is 5.92 Å². The van der Waals surface area contributed by atoms with Crippen molar-refractivity contribution in [1.82, 2.24) is 4.90 Å². The zero-order valence-electron chi connectivity index (χ0n) is 8.82. The quantitative estimate of drug-likeness (QED) is 0.705. The van der Waals surface area contributed by atoms with E-state index < -0.39 is 0 Å². The van der Waals surface area contributed by atoms with Gasteiger partial charge in [-0.25, -0.2) is 0 Å². The molecule has 1 amide bonds. The van der Waals surface area contributed by atoms with E-state index >= 15 is 0 Å². The summed E-state index contributed by atoms with van der Waals surface area (Å²) in [5.41, 5.74) is 5.36. The first-order valence-electron chi connectivity index (χ1n) is 5.08. The number of piperidine rings is 1. The predicted molar refractivity (Wildman–Crippen MR) is 61.0 cm³/mol. The van der Waals surface area contributed by atoms with Gasteiger partial charge in [-0.15, -0.1) is 0 Å².